The molecule has 31 heavy (non-hydrogen) atoms. The van der Waals surface area contributed by atoms with Gasteiger partial charge in [-0.05, 0) is 55.0 Å². The van der Waals surface area contributed by atoms with E-state index in [1.54, 1.807) is 23.5 Å². The molecule has 0 radical (unpaired) electrons. The van der Waals surface area contributed by atoms with Crippen LogP contribution >= 0.6 is 28.3 Å². The molecule has 0 saturated carbocycles. The number of benzene rings is 2. The molecule has 8 heteroatoms. The lowest BCUT2D eigenvalue weighted by Crippen LogP contribution is -1.89. The predicted octanol–water partition coefficient (Wildman–Crippen LogP) is 7.10. The maximum atomic E-state index is 10.7. The van der Waals surface area contributed by atoms with Gasteiger partial charge in [0.25, 0.3) is 5.69 Å². The standard InChI is InChI=1S/C23H19N3O3S.BrH/c1-2-3-18-14-17(12-13-24-18)23-25-22(15-30-23)16-4-8-20(9-5-16)29-21-10-6-19(7-11-21)26(27)28;/h4-15H,2-3H2,1H3;1H. The van der Waals surface area contributed by atoms with Crippen LogP contribution in [-0.4, -0.2) is 14.9 Å². The molecule has 6 nitrogen and oxygen atoms in total. The second-order valence-corrected chi connectivity index (χ2v) is 7.56. The fraction of sp³-hybridized carbons (Fsp3) is 0.130. The Morgan fingerprint density at radius 3 is 2.32 bits per heavy atom. The lowest BCUT2D eigenvalue weighted by molar-refractivity contribution is -0.384. The Hall–Kier alpha value is -3.10. The van der Waals surface area contributed by atoms with Gasteiger partial charge in [-0.15, -0.1) is 28.3 Å². The molecule has 0 N–H and O–H groups in total. The minimum atomic E-state index is -0.433. The van der Waals surface area contributed by atoms with E-state index in [-0.39, 0.29) is 22.7 Å². The molecule has 158 valence electrons. The summed E-state index contributed by atoms with van der Waals surface area (Å²) in [5, 5.41) is 13.7. The van der Waals surface area contributed by atoms with E-state index in [4.69, 9.17) is 9.72 Å². The summed E-state index contributed by atoms with van der Waals surface area (Å²) in [7, 11) is 0. The van der Waals surface area contributed by atoms with Crippen molar-refractivity contribution in [3.8, 4) is 33.3 Å². The van der Waals surface area contributed by atoms with Crippen LogP contribution in [0.15, 0.2) is 72.2 Å². The molecule has 2 heterocycles. The number of nitro groups is 1. The van der Waals surface area contributed by atoms with Gasteiger partial charge in [-0.25, -0.2) is 4.98 Å². The molecule has 0 amide bonds. The number of halogens is 1. The van der Waals surface area contributed by atoms with E-state index in [9.17, 15) is 10.1 Å². The van der Waals surface area contributed by atoms with Crippen molar-refractivity contribution in [3.63, 3.8) is 0 Å². The third kappa shape index (κ3) is 5.53. The quantitative estimate of drug-likeness (QED) is 0.201. The molecule has 0 aliphatic heterocycles. The number of pyridine rings is 1. The summed E-state index contributed by atoms with van der Waals surface area (Å²) in [6, 6.07) is 17.7. The van der Waals surface area contributed by atoms with Gasteiger partial charge in [-0.2, -0.15) is 0 Å². The van der Waals surface area contributed by atoms with Crippen molar-refractivity contribution in [3.05, 3.63) is 88.0 Å². The Morgan fingerprint density at radius 2 is 1.68 bits per heavy atom. The van der Waals surface area contributed by atoms with Crippen LogP contribution in [0.25, 0.3) is 21.8 Å². The number of aryl methyl sites for hydroxylation is 1. The maximum absolute atomic E-state index is 10.7. The normalized spacial score (nSPS) is 10.4. The van der Waals surface area contributed by atoms with Crippen LogP contribution in [0.5, 0.6) is 11.5 Å². The molecule has 0 spiro atoms. The van der Waals surface area contributed by atoms with E-state index in [2.05, 4.69) is 18.0 Å². The van der Waals surface area contributed by atoms with Crippen molar-refractivity contribution in [1.29, 1.82) is 0 Å². The number of thiazole rings is 1. The van der Waals surface area contributed by atoms with Crippen LogP contribution in [0.3, 0.4) is 0 Å². The number of ether oxygens (including phenoxy) is 1. The maximum Gasteiger partial charge on any atom is 0.269 e. The number of non-ortho nitro benzene ring substituents is 1. The van der Waals surface area contributed by atoms with Crippen LogP contribution in [0.1, 0.15) is 19.0 Å². The molecular weight excluding hydrogens is 478 g/mol. The van der Waals surface area contributed by atoms with Crippen molar-refractivity contribution in [2.75, 3.05) is 0 Å². The summed E-state index contributed by atoms with van der Waals surface area (Å²) in [5.74, 6) is 1.20. The monoisotopic (exact) mass is 497 g/mol. The molecule has 0 aliphatic carbocycles. The van der Waals surface area contributed by atoms with Gasteiger partial charge in [-0.3, -0.25) is 15.1 Å². The fourth-order valence-corrected chi connectivity index (χ4v) is 3.83. The van der Waals surface area contributed by atoms with E-state index >= 15 is 0 Å². The van der Waals surface area contributed by atoms with Crippen molar-refractivity contribution >= 4 is 34.0 Å². The Bertz CT molecular complexity index is 1160. The summed E-state index contributed by atoms with van der Waals surface area (Å²) in [5.41, 5.74) is 4.11. The first-order valence-electron chi connectivity index (χ1n) is 9.56. The molecule has 0 aliphatic rings. The summed E-state index contributed by atoms with van der Waals surface area (Å²) in [6.07, 6.45) is 3.86. The van der Waals surface area contributed by atoms with E-state index in [1.165, 1.54) is 12.1 Å². The number of nitrogens with zero attached hydrogens (tertiary/aromatic N) is 3. The van der Waals surface area contributed by atoms with Gasteiger partial charge in [0.05, 0.1) is 10.6 Å². The van der Waals surface area contributed by atoms with Crippen molar-refractivity contribution in [1.82, 2.24) is 9.97 Å². The van der Waals surface area contributed by atoms with Crippen molar-refractivity contribution < 1.29 is 9.66 Å². The Morgan fingerprint density at radius 1 is 1.00 bits per heavy atom. The Kier molecular flexibility index (Phi) is 7.49. The van der Waals surface area contributed by atoms with Gasteiger partial charge in [0.2, 0.25) is 0 Å². The van der Waals surface area contributed by atoms with Gasteiger partial charge in [0.15, 0.2) is 0 Å². The van der Waals surface area contributed by atoms with Crippen LogP contribution in [0.4, 0.5) is 5.69 Å². The average Bonchev–Trinajstić information content (AvgIpc) is 3.25. The SMILES string of the molecule is Br.CCCc1cc(-c2nc(-c3ccc(Oc4ccc([N+](=O)[O-])cc4)cc3)cs2)ccn1. The third-order valence-corrected chi connectivity index (χ3v) is 5.40. The minimum Gasteiger partial charge on any atom is -0.457 e. The zero-order chi connectivity index (χ0) is 20.9. The third-order valence-electron chi connectivity index (χ3n) is 4.51. The largest absolute Gasteiger partial charge is 0.457 e. The molecule has 0 bridgehead atoms. The first kappa shape index (κ1) is 22.6. The molecule has 4 rings (SSSR count). The second-order valence-electron chi connectivity index (χ2n) is 6.70. The number of hydrogen-bond acceptors (Lipinski definition) is 6. The van der Waals surface area contributed by atoms with Crippen LogP contribution in [0, 0.1) is 10.1 Å². The molecule has 4 aromatic rings. The lowest BCUT2D eigenvalue weighted by atomic mass is 10.1. The van der Waals surface area contributed by atoms with Crippen molar-refractivity contribution in [2.45, 2.75) is 19.8 Å². The predicted molar refractivity (Wildman–Crippen MR) is 128 cm³/mol. The van der Waals surface area contributed by atoms with Gasteiger partial charge in [0.1, 0.15) is 16.5 Å². The highest BCUT2D eigenvalue weighted by Crippen LogP contribution is 2.31. The van der Waals surface area contributed by atoms with E-state index < -0.39 is 4.92 Å². The summed E-state index contributed by atoms with van der Waals surface area (Å²) in [4.78, 5) is 19.5. The molecule has 0 atom stereocenters. The number of nitro benzene ring substituents is 1. The van der Waals surface area contributed by atoms with Gasteiger partial charge < -0.3 is 4.74 Å². The second kappa shape index (κ2) is 10.3. The number of aromatic nitrogens is 2. The Balaban J connectivity index is 0.00000272. The molecular formula is C23H20BrN3O3S. The summed E-state index contributed by atoms with van der Waals surface area (Å²) in [6.45, 7) is 2.14. The van der Waals surface area contributed by atoms with Crippen molar-refractivity contribution in [2.24, 2.45) is 0 Å². The average molecular weight is 498 g/mol. The zero-order valence-electron chi connectivity index (χ0n) is 16.7. The highest BCUT2D eigenvalue weighted by molar-refractivity contribution is 8.93. The van der Waals surface area contributed by atoms with E-state index in [0.29, 0.717) is 11.5 Å². The first-order chi connectivity index (χ1) is 14.6. The molecule has 0 fully saturated rings. The Labute approximate surface area is 194 Å². The van der Waals surface area contributed by atoms with Gasteiger partial charge in [-0.1, -0.05) is 13.3 Å². The van der Waals surface area contributed by atoms with Crippen LogP contribution in [-0.2, 0) is 6.42 Å². The molecule has 0 unspecified atom stereocenters. The highest BCUT2D eigenvalue weighted by atomic mass is 79.9. The molecule has 2 aromatic heterocycles. The summed E-state index contributed by atoms with van der Waals surface area (Å²) >= 11 is 1.61. The number of rotatable bonds is 7. The first-order valence-corrected chi connectivity index (χ1v) is 10.4. The molecule has 2 aromatic carbocycles. The van der Waals surface area contributed by atoms with Gasteiger partial charge >= 0.3 is 0 Å². The zero-order valence-corrected chi connectivity index (χ0v) is 19.3. The molecule has 0 saturated heterocycles. The van der Waals surface area contributed by atoms with E-state index in [0.717, 1.165) is 40.4 Å². The summed E-state index contributed by atoms with van der Waals surface area (Å²) < 4.78 is 5.77. The van der Waals surface area contributed by atoms with Crippen LogP contribution in [0.2, 0.25) is 0 Å². The topological polar surface area (TPSA) is 78.2 Å². The highest BCUT2D eigenvalue weighted by Gasteiger charge is 2.09. The smallest absolute Gasteiger partial charge is 0.269 e. The van der Waals surface area contributed by atoms with Crippen LogP contribution < -0.4 is 4.74 Å². The lowest BCUT2D eigenvalue weighted by Gasteiger charge is -2.06. The number of hydrogen-bond donors (Lipinski definition) is 0. The van der Waals surface area contributed by atoms with E-state index in [1.807, 2.05) is 41.9 Å². The fourth-order valence-electron chi connectivity index (χ4n) is 3.01. The minimum absolute atomic E-state index is 0. The van der Waals surface area contributed by atoms with Gasteiger partial charge in [0, 0.05) is 40.5 Å².